The number of aliphatic hydroxyl groups is 1. The first-order valence-corrected chi connectivity index (χ1v) is 46.4. The van der Waals surface area contributed by atoms with Crippen molar-refractivity contribution >= 4 is 57.5 Å². The highest BCUT2D eigenvalue weighted by Gasteiger charge is 2.43. The summed E-state index contributed by atoms with van der Waals surface area (Å²) in [6, 6.07) is 42.7. The Kier molecular flexibility index (Phi) is 26.2. The summed E-state index contributed by atoms with van der Waals surface area (Å²) < 4.78 is 38.6. The summed E-state index contributed by atoms with van der Waals surface area (Å²) in [4.78, 5) is 67.3. The normalized spacial score (nSPS) is 25.7. The van der Waals surface area contributed by atoms with Gasteiger partial charge in [0, 0.05) is 154 Å². The molecule has 9 fully saturated rings. The van der Waals surface area contributed by atoms with E-state index in [1.807, 2.05) is 48.8 Å². The van der Waals surface area contributed by atoms with Crippen molar-refractivity contribution in [3.05, 3.63) is 238 Å². The van der Waals surface area contributed by atoms with E-state index in [2.05, 4.69) is 272 Å². The van der Waals surface area contributed by atoms with Crippen LogP contribution in [-0.2, 0) is 0 Å². The SMILES string of the molecule is Cc1cccnc1[C@@H]1CCC[C@H](c2nc3cccc(N4CCN(C5CC5)CC4)n3c2Cl)N1C.Cc1cccnc1[C@@H]1C[C@@H](F)C[C@H](c2cn3c(N4CCN(C)CC4)cccc3n2)N1C.Cc1cccnc1[C@@H]1C[C@H](F)C[C@H](c2cn3c(N4CCN(C)CC4)cccc3n2)N1C.Cc1cccnc1[C@@H]1C[C@H](O)C[C@H](c2cn3c(N4CCN(C)CC4)cccc3n2)N1C. The number of aryl methyl sites for hydroxylation is 4. The highest BCUT2D eigenvalue weighted by molar-refractivity contribution is 6.30. The fraction of sp³-hybridized carbons (Fsp3) is 0.510. The van der Waals surface area contributed by atoms with Crippen molar-refractivity contribution in [3.63, 3.8) is 0 Å². The second-order valence-electron chi connectivity index (χ2n) is 37.1. The quantitative estimate of drug-likeness (QED) is 0.115. The number of alkyl halides is 2. The number of hydrogen-bond acceptors (Lipinski definition) is 21. The molecule has 0 spiro atoms. The van der Waals surface area contributed by atoms with Gasteiger partial charge in [0.25, 0.3) is 0 Å². The molecule has 12 aromatic rings. The van der Waals surface area contributed by atoms with Crippen molar-refractivity contribution in [3.8, 4) is 0 Å². The van der Waals surface area contributed by atoms with Crippen molar-refractivity contribution in [2.45, 2.75) is 171 Å². The number of fused-ring (bicyclic) bond motifs is 4. The van der Waals surface area contributed by atoms with Crippen molar-refractivity contribution in [1.82, 2.24) is 96.7 Å². The number of hydrogen-bond donors (Lipinski definition) is 1. The van der Waals surface area contributed by atoms with Gasteiger partial charge in [0.1, 0.15) is 63.4 Å². The molecule has 0 amide bonds. The van der Waals surface area contributed by atoms with Gasteiger partial charge >= 0.3 is 0 Å². The third-order valence-electron chi connectivity index (χ3n) is 28.8. The van der Waals surface area contributed by atoms with Gasteiger partial charge < -0.3 is 39.4 Å². The smallest absolute Gasteiger partial charge is 0.139 e. The lowest BCUT2D eigenvalue weighted by Gasteiger charge is -2.41. The second-order valence-corrected chi connectivity index (χ2v) is 37.5. The van der Waals surface area contributed by atoms with Gasteiger partial charge in [-0.15, -0.1) is 0 Å². The van der Waals surface area contributed by atoms with Crippen molar-refractivity contribution in [2.75, 3.05) is 174 Å². The van der Waals surface area contributed by atoms with E-state index in [-0.39, 0.29) is 48.4 Å². The summed E-state index contributed by atoms with van der Waals surface area (Å²) in [7, 11) is 15.0. The molecule has 20 heterocycles. The van der Waals surface area contributed by atoms with Gasteiger partial charge in [-0.25, -0.2) is 28.7 Å². The Labute approximate surface area is 746 Å². The molecule has 21 rings (SSSR count). The topological polar surface area (TPSA) is 180 Å². The van der Waals surface area contributed by atoms with Crippen LogP contribution < -0.4 is 19.6 Å². The molecule has 8 aliphatic heterocycles. The summed E-state index contributed by atoms with van der Waals surface area (Å²) in [5, 5.41) is 11.5. The summed E-state index contributed by atoms with van der Waals surface area (Å²) in [6.07, 6.45) is 21.0. The average Bonchev–Trinajstić information content (AvgIpc) is 1.74. The second kappa shape index (κ2) is 38.0. The zero-order chi connectivity index (χ0) is 87.1. The predicted molar refractivity (Wildman–Crippen MR) is 498 cm³/mol. The fourth-order valence-electron chi connectivity index (χ4n) is 21.2. The van der Waals surface area contributed by atoms with Crippen LogP contribution in [0.5, 0.6) is 0 Å². The van der Waals surface area contributed by atoms with Crippen LogP contribution in [0.4, 0.5) is 32.1 Å². The van der Waals surface area contributed by atoms with Gasteiger partial charge in [-0.1, -0.05) is 60.1 Å². The number of likely N-dealkylation sites (tertiary alicyclic amines) is 4. The van der Waals surface area contributed by atoms with E-state index in [9.17, 15) is 13.9 Å². The van der Waals surface area contributed by atoms with E-state index in [0.717, 1.165) is 220 Å². The zero-order valence-corrected chi connectivity index (χ0v) is 76.2. The molecule has 1 N–H and O–H groups in total. The van der Waals surface area contributed by atoms with Crippen LogP contribution in [0.3, 0.4) is 0 Å². The number of pyridine rings is 8. The summed E-state index contributed by atoms with van der Waals surface area (Å²) >= 11 is 7.12. The van der Waals surface area contributed by atoms with Crippen LogP contribution in [-0.4, -0.2) is 280 Å². The molecule has 11 atom stereocenters. The number of likely N-dealkylation sites (N-methyl/N-ethyl adjacent to an activating group) is 3. The standard InChI is InChI=1S/C26H33ClN6.2C24H31FN6.C24H32N6O/c1-18-6-5-13-28-24(18)20-7-3-8-21(30(20)2)25-26(27)33-22(29-25)9-4-10-23(33)32-16-14-31(15-17-32)19-11-12-19;2*1-17-6-5-9-26-24(17)21-15-18(25)14-20(29(21)3)19-16-31-22(27-19)7-4-8-23(31)30-12-10-28(2)11-13-30;1-17-6-5-9-25-24(17)21-15-18(31)14-20(28(21)3)19-16-30-22(26-19)7-4-8-23(30)29-12-10-27(2)11-13-29/h4-6,9-10,13,19-21H,3,7-8,11-12,14-17H2,1-2H3;2*4-9,16,18,20-21H,10-15H2,1-3H3;4-9,16,18,20-21,31H,10-15H2,1-3H3/t20-,21+;18-,20+,21-;2*18-,20-,21+/m0011/s1. The van der Waals surface area contributed by atoms with Crippen LogP contribution in [0.1, 0.15) is 187 Å². The minimum Gasteiger partial charge on any atom is -0.393 e. The molecule has 0 bridgehead atoms. The number of nitrogens with zero attached hydrogens (tertiary/aromatic N) is 24. The maximum Gasteiger partial charge on any atom is 0.139 e. The van der Waals surface area contributed by atoms with Gasteiger partial charge in [0.15, 0.2) is 0 Å². The highest BCUT2D eigenvalue weighted by Crippen LogP contribution is 2.48. The molecule has 12 aromatic heterocycles. The molecule has 666 valence electrons. The molecular weight excluding hydrogens is 1600 g/mol. The molecule has 25 nitrogen and oxygen atoms in total. The first-order chi connectivity index (χ1) is 61.1. The minimum atomic E-state index is -0.866. The molecule has 0 aromatic carbocycles. The fourth-order valence-corrected chi connectivity index (χ4v) is 21.5. The van der Waals surface area contributed by atoms with Crippen LogP contribution in [0.25, 0.3) is 22.6 Å². The molecule has 28 heteroatoms. The molecule has 126 heavy (non-hydrogen) atoms. The number of aromatic nitrogens is 12. The maximum absolute atomic E-state index is 14.9. The number of piperidine rings is 4. The maximum atomic E-state index is 14.9. The van der Waals surface area contributed by atoms with E-state index in [4.69, 9.17) is 36.5 Å². The third kappa shape index (κ3) is 18.3. The minimum absolute atomic E-state index is 0.0446. The first-order valence-electron chi connectivity index (χ1n) is 46.0. The molecule has 1 aliphatic carbocycles. The molecule has 0 radical (unpaired) electrons. The molecule has 8 saturated heterocycles. The van der Waals surface area contributed by atoms with Crippen LogP contribution in [0, 0.1) is 27.7 Å². The number of rotatable bonds is 13. The van der Waals surface area contributed by atoms with Crippen LogP contribution >= 0.6 is 11.6 Å². The number of aliphatic hydroxyl groups excluding tert-OH is 1. The molecule has 9 aliphatic rings. The Balaban J connectivity index is 0.000000114. The van der Waals surface area contributed by atoms with Crippen molar-refractivity contribution in [1.29, 1.82) is 0 Å². The van der Waals surface area contributed by atoms with Crippen molar-refractivity contribution in [2.24, 2.45) is 0 Å². The van der Waals surface area contributed by atoms with Gasteiger partial charge in [-0.05, 0) is 243 Å². The monoisotopic (exact) mass is 1730 g/mol. The molecule has 0 unspecified atom stereocenters. The number of halogens is 3. The van der Waals surface area contributed by atoms with E-state index in [1.54, 1.807) is 12.4 Å². The Morgan fingerprint density at radius 1 is 0.325 bits per heavy atom. The van der Waals surface area contributed by atoms with E-state index >= 15 is 0 Å². The van der Waals surface area contributed by atoms with E-state index in [1.165, 1.54) is 41.3 Å². The first kappa shape index (κ1) is 87.1. The lowest BCUT2D eigenvalue weighted by atomic mass is 9.89. The summed E-state index contributed by atoms with van der Waals surface area (Å²) in [5.41, 5.74) is 16.5. The van der Waals surface area contributed by atoms with Gasteiger partial charge in [0.05, 0.1) is 100.0 Å². The number of anilines is 4. The van der Waals surface area contributed by atoms with Crippen molar-refractivity contribution < 1.29 is 13.9 Å². The van der Waals surface area contributed by atoms with Crippen LogP contribution in [0.15, 0.2) is 165 Å². The molecular formula is C98H127ClF2N24O. The van der Waals surface area contributed by atoms with Gasteiger partial charge in [-0.3, -0.25) is 62.0 Å². The average molecular weight is 1730 g/mol. The van der Waals surface area contributed by atoms with Crippen LogP contribution in [0.2, 0.25) is 5.15 Å². The Bertz CT molecular complexity index is 5300. The third-order valence-corrected chi connectivity index (χ3v) is 29.2. The highest BCUT2D eigenvalue weighted by atomic mass is 35.5. The Hall–Kier alpha value is -9.65. The Morgan fingerprint density at radius 2 is 0.635 bits per heavy atom. The summed E-state index contributed by atoms with van der Waals surface area (Å²) in [5.74, 6) is 4.69. The van der Waals surface area contributed by atoms with E-state index in [0.29, 0.717) is 44.6 Å². The summed E-state index contributed by atoms with van der Waals surface area (Å²) in [6.45, 7) is 25.1. The van der Waals surface area contributed by atoms with Gasteiger partial charge in [0.2, 0.25) is 0 Å². The van der Waals surface area contributed by atoms with Gasteiger partial charge in [-0.2, -0.15) is 0 Å². The molecule has 1 saturated carbocycles. The van der Waals surface area contributed by atoms with E-state index < -0.39 is 12.3 Å². The largest absolute Gasteiger partial charge is 0.393 e. The lowest BCUT2D eigenvalue weighted by Crippen LogP contribution is -2.47. The zero-order valence-electron chi connectivity index (χ0n) is 75.4. The lowest BCUT2D eigenvalue weighted by molar-refractivity contribution is 0.0110. The number of piperazine rings is 4. The number of imidazole rings is 4. The Morgan fingerprint density at radius 3 is 1.02 bits per heavy atom. The predicted octanol–water partition coefficient (Wildman–Crippen LogP) is 14.8.